The van der Waals surface area contributed by atoms with Crippen molar-refractivity contribution in [2.24, 2.45) is 11.5 Å². The molecule has 3 saturated heterocycles. The van der Waals surface area contributed by atoms with Gasteiger partial charge < -0.3 is 94.0 Å². The van der Waals surface area contributed by atoms with E-state index in [9.17, 15) is 0 Å². The van der Waals surface area contributed by atoms with Gasteiger partial charge >= 0.3 is 0 Å². The van der Waals surface area contributed by atoms with Gasteiger partial charge in [-0.1, -0.05) is 183 Å². The summed E-state index contributed by atoms with van der Waals surface area (Å²) in [4.78, 5) is 30.1. The van der Waals surface area contributed by atoms with Crippen LogP contribution in [0.5, 0.6) is 0 Å². The van der Waals surface area contributed by atoms with Crippen LogP contribution < -0.4 is 84.2 Å². The maximum atomic E-state index is 6.15. The molecule has 0 saturated carbocycles. The molecule has 7 heterocycles. The van der Waals surface area contributed by atoms with Crippen molar-refractivity contribution in [3.8, 4) is 22.8 Å². The first-order valence-corrected chi connectivity index (χ1v) is 43.9. The molecule has 0 radical (unpaired) electrons. The molecule has 3 aliphatic heterocycles. The van der Waals surface area contributed by atoms with Crippen molar-refractivity contribution in [1.29, 1.82) is 0 Å². The zero-order valence-electron chi connectivity index (χ0n) is 75.3. The van der Waals surface area contributed by atoms with Gasteiger partial charge in [-0.25, -0.2) is 4.98 Å². The third kappa shape index (κ3) is 44.7. The molecular formula is C99H147ClN22. The fourth-order valence-corrected chi connectivity index (χ4v) is 12.8. The number of fused-ring (bicyclic) bond motifs is 1. The summed E-state index contributed by atoms with van der Waals surface area (Å²) in [5, 5.41) is 36.6. The predicted molar refractivity (Wildman–Crippen MR) is 527 cm³/mol. The monoisotopic (exact) mass is 1680 g/mol. The zero-order chi connectivity index (χ0) is 87.7. The van der Waals surface area contributed by atoms with Gasteiger partial charge in [-0.2, -0.15) is 0 Å². The minimum absolute atomic E-state index is 0.163. The SMILES string of the molecule is C1CNCCNCCN1.C1CNCCNCCNCCN1.CC.CN(C)c1cccc2cccc(N(C)C)c12.CN(C)c1ccccc1N(C)C.CN1CCCNCCCN(C)CCC1.Clc1cccc(-c2ccccn2)n1.NC(c1ccccc1)C(N)c1ccccc1.c1ccc(-c2ccccn2)nc1.c1ccc(NCCNc2ccccc2)cc1. The number of nitrogens with two attached hydrogens (primary N) is 2. The second-order valence-corrected chi connectivity index (χ2v) is 30.2. The average Bonchev–Trinajstić information content (AvgIpc) is 0.804. The van der Waals surface area contributed by atoms with Crippen LogP contribution in [0.3, 0.4) is 0 Å². The Labute approximate surface area is 738 Å². The first kappa shape index (κ1) is 103. The number of nitrogens with one attached hydrogen (secondary N) is 10. The maximum Gasteiger partial charge on any atom is 0.129 e. The van der Waals surface area contributed by atoms with Crippen molar-refractivity contribution < 1.29 is 0 Å². The third-order valence-corrected chi connectivity index (χ3v) is 19.4. The third-order valence-electron chi connectivity index (χ3n) is 19.2. The van der Waals surface area contributed by atoms with Crippen LogP contribution in [-0.2, 0) is 0 Å². The molecule has 2 atom stereocenters. The van der Waals surface area contributed by atoms with Crippen LogP contribution in [0.4, 0.5) is 34.1 Å². The van der Waals surface area contributed by atoms with Crippen LogP contribution in [0.15, 0.2) is 273 Å². The molecule has 0 aliphatic carbocycles. The van der Waals surface area contributed by atoms with E-state index in [0.717, 1.165) is 150 Å². The quantitative estimate of drug-likeness (QED) is 0.0358. The molecule has 22 nitrogen and oxygen atoms in total. The summed E-state index contributed by atoms with van der Waals surface area (Å²) in [5.74, 6) is 0. The number of nitrogens with zero attached hydrogens (tertiary/aromatic N) is 10. The van der Waals surface area contributed by atoms with Crippen LogP contribution in [0.25, 0.3) is 33.5 Å². The van der Waals surface area contributed by atoms with Gasteiger partial charge in [-0.3, -0.25) is 15.0 Å². The molecule has 122 heavy (non-hydrogen) atoms. The van der Waals surface area contributed by atoms with Crippen molar-refractivity contribution >= 4 is 56.5 Å². The van der Waals surface area contributed by atoms with E-state index in [1.807, 2.05) is 178 Å². The summed E-state index contributed by atoms with van der Waals surface area (Å²) in [7, 11) is 21.0. The second-order valence-electron chi connectivity index (χ2n) is 29.8. The van der Waals surface area contributed by atoms with Crippen molar-refractivity contribution in [2.45, 2.75) is 45.2 Å². The second kappa shape index (κ2) is 65.7. The molecule has 2 unspecified atom stereocenters. The number of hydrogen-bond donors (Lipinski definition) is 12. The number of benzene rings is 7. The lowest BCUT2D eigenvalue weighted by Crippen LogP contribution is -2.39. The van der Waals surface area contributed by atoms with E-state index in [0.29, 0.717) is 5.15 Å². The van der Waals surface area contributed by atoms with Crippen molar-refractivity contribution in [2.75, 3.05) is 245 Å². The van der Waals surface area contributed by atoms with E-state index < -0.39 is 0 Å². The van der Waals surface area contributed by atoms with Crippen molar-refractivity contribution in [3.63, 3.8) is 0 Å². The van der Waals surface area contributed by atoms with E-state index >= 15 is 0 Å². The van der Waals surface area contributed by atoms with Gasteiger partial charge in [-0.05, 0) is 186 Å². The first-order valence-electron chi connectivity index (χ1n) is 43.5. The Kier molecular flexibility index (Phi) is 55.2. The lowest BCUT2D eigenvalue weighted by atomic mass is 9.95. The highest BCUT2D eigenvalue weighted by Crippen LogP contribution is 2.34. The zero-order valence-corrected chi connectivity index (χ0v) is 76.1. The van der Waals surface area contributed by atoms with Gasteiger partial charge in [0, 0.05) is 220 Å². The Hall–Kier alpha value is -9.99. The molecule has 14 rings (SSSR count). The fourth-order valence-electron chi connectivity index (χ4n) is 12.7. The summed E-state index contributed by atoms with van der Waals surface area (Å²) < 4.78 is 0. The largest absolute Gasteiger partial charge is 0.383 e. The van der Waals surface area contributed by atoms with E-state index in [1.54, 1.807) is 24.7 Å². The van der Waals surface area contributed by atoms with E-state index in [1.165, 1.54) is 92.1 Å². The van der Waals surface area contributed by atoms with Crippen molar-refractivity contribution in [1.82, 2.24) is 72.3 Å². The topological polar surface area (TPSA) is 243 Å². The molecule has 14 N–H and O–H groups in total. The Morgan fingerprint density at radius 1 is 0.320 bits per heavy atom. The number of pyridine rings is 4. The van der Waals surface area contributed by atoms with Crippen LogP contribution in [0.2, 0.25) is 5.15 Å². The smallest absolute Gasteiger partial charge is 0.129 e. The Morgan fingerprint density at radius 2 is 0.590 bits per heavy atom. The maximum absolute atomic E-state index is 6.15. The van der Waals surface area contributed by atoms with E-state index in [2.05, 4.69) is 258 Å². The van der Waals surface area contributed by atoms with Gasteiger partial charge in [0.1, 0.15) is 5.15 Å². The molecule has 11 aromatic rings. The first-order chi connectivity index (χ1) is 59.6. The highest BCUT2D eigenvalue weighted by molar-refractivity contribution is 6.29. The molecule has 7 aromatic carbocycles. The Balaban J connectivity index is 0.000000244. The standard InChI is InChI=1S/C14H18N2.2C14H16N2.C11H25N3.C10H7ClN2.C10H8N2.C10H16N2.C8H20N4.C6H15N3.C2H6/c1-15(2)12-9-5-7-11-8-6-10-13(14(11)12)16(3)4;1-3-7-13(8-4-1)15-11-12-16-14-9-5-2-6-10-14;15-13(11-7-3-1-4-8-11)14(16)12-9-5-2-6-10-12;1-13-8-3-6-12-7-4-9-14(2)11-5-10-13;11-10-6-3-5-9(13-10)8-4-1-2-7-12-8;1-3-7-11-9(5-1)10-6-2-4-8-12-10;1-11(2)9-7-5-6-8-10(9)12(3)4;1-2-10-5-6-12-8-7-11-4-3-9-1;1-2-8-5-6-9-4-3-7-1;1-2/h5-10H,1-4H3;1-10,15-16H,11-12H2;1-10,13-14H,15-16H2;12H,3-11H2,1-2H3;1-7H;1-8H;5-8H,1-4H3;9-12H,1-8H2;7-9H,1-6H2;1-2H3. The number of para-hydroxylation sites is 4. The Morgan fingerprint density at radius 3 is 0.902 bits per heavy atom. The minimum atomic E-state index is -0.163. The van der Waals surface area contributed by atoms with Gasteiger partial charge in [-0.15, -0.1) is 0 Å². The van der Waals surface area contributed by atoms with Gasteiger partial charge in [0.2, 0.25) is 0 Å². The van der Waals surface area contributed by atoms with E-state index in [-0.39, 0.29) is 12.1 Å². The van der Waals surface area contributed by atoms with E-state index in [4.69, 9.17) is 23.1 Å². The van der Waals surface area contributed by atoms with Gasteiger partial charge in [0.05, 0.1) is 34.2 Å². The van der Waals surface area contributed by atoms with Crippen LogP contribution in [0, 0.1) is 0 Å². The molecule has 0 amide bonds. The van der Waals surface area contributed by atoms with Gasteiger partial charge in [0.25, 0.3) is 0 Å². The molecular weight excluding hydrogens is 1530 g/mol. The van der Waals surface area contributed by atoms with Crippen molar-refractivity contribution in [3.05, 3.63) is 290 Å². The summed E-state index contributed by atoms with van der Waals surface area (Å²) in [5.41, 5.74) is 25.3. The summed E-state index contributed by atoms with van der Waals surface area (Å²) in [6.07, 6.45) is 9.14. The number of aromatic nitrogens is 4. The number of rotatable bonds is 14. The lowest BCUT2D eigenvalue weighted by molar-refractivity contribution is 0.267. The molecule has 0 bridgehead atoms. The summed E-state index contributed by atoms with van der Waals surface area (Å²) in [6.45, 7) is 28.3. The van der Waals surface area contributed by atoms with Crippen LogP contribution >= 0.6 is 11.6 Å². The number of hydrogen-bond acceptors (Lipinski definition) is 22. The summed E-state index contributed by atoms with van der Waals surface area (Å²) in [6, 6.07) is 84.0. The van der Waals surface area contributed by atoms with Crippen LogP contribution in [0.1, 0.15) is 56.3 Å². The predicted octanol–water partition coefficient (Wildman–Crippen LogP) is 14.1. The number of halogens is 1. The average molecular weight is 1680 g/mol. The normalized spacial score (nSPS) is 14.6. The molecule has 3 aliphatic rings. The highest BCUT2D eigenvalue weighted by Gasteiger charge is 2.17. The highest BCUT2D eigenvalue weighted by atomic mass is 35.5. The summed E-state index contributed by atoms with van der Waals surface area (Å²) >= 11 is 5.76. The molecule has 660 valence electrons. The fraction of sp³-hybridized carbons (Fsp3) is 0.394. The lowest BCUT2D eigenvalue weighted by Gasteiger charge is -2.22. The molecule has 23 heteroatoms. The Bertz CT molecular complexity index is 4000. The van der Waals surface area contributed by atoms with Crippen LogP contribution in [-0.4, -0.2) is 244 Å². The van der Waals surface area contributed by atoms with Gasteiger partial charge in [0.15, 0.2) is 0 Å². The molecule has 4 aromatic heterocycles. The molecule has 0 spiro atoms. The number of anilines is 6. The molecule has 3 fully saturated rings. The minimum Gasteiger partial charge on any atom is -0.383 e.